The van der Waals surface area contributed by atoms with Crippen LogP contribution in [0.4, 0.5) is 17.1 Å². The zero-order chi connectivity index (χ0) is 33.1. The molecule has 1 fully saturated rings. The van der Waals surface area contributed by atoms with Gasteiger partial charge in [-0.05, 0) is 65.0 Å². The number of benzene rings is 4. The summed E-state index contributed by atoms with van der Waals surface area (Å²) >= 11 is 0. The van der Waals surface area contributed by atoms with E-state index in [4.69, 9.17) is 9.72 Å². The van der Waals surface area contributed by atoms with Gasteiger partial charge >= 0.3 is 0 Å². The van der Waals surface area contributed by atoms with Crippen LogP contribution in [0.25, 0.3) is 27.6 Å². The zero-order valence-corrected chi connectivity index (χ0v) is 31.6. The fourth-order valence-corrected chi connectivity index (χ4v) is 7.46. The van der Waals surface area contributed by atoms with Gasteiger partial charge in [0.15, 0.2) is 18.0 Å². The molecule has 3 aliphatic rings. The van der Waals surface area contributed by atoms with Gasteiger partial charge in [-0.15, -0.1) is 35.2 Å². The van der Waals surface area contributed by atoms with Gasteiger partial charge in [-0.3, -0.25) is 0 Å². The second-order valence-corrected chi connectivity index (χ2v) is 15.9. The molecule has 5 nitrogen and oxygen atoms in total. The van der Waals surface area contributed by atoms with E-state index in [1.807, 2.05) is 12.3 Å². The third-order valence-corrected chi connectivity index (χ3v) is 10.3. The smallest absolute Gasteiger partial charge is 0.179 e. The SMILES string of the molecule is Cc1cc2c(cc1C)[N@@+]1(C)[CH-][N@+]2(c2[c-]c(Oc3[c-]c4c(cc3)c3ccccc3n4-c3cc(C(C)(C)C)ccn3)cc(C(C)(C)C)c2)C1.[Pt]. The van der Waals surface area contributed by atoms with E-state index in [2.05, 4.69) is 153 Å². The van der Waals surface area contributed by atoms with Gasteiger partial charge in [0.2, 0.25) is 0 Å². The summed E-state index contributed by atoms with van der Waals surface area (Å²) in [6.45, 7) is 21.3. The Hall–Kier alpha value is -3.76. The van der Waals surface area contributed by atoms with Gasteiger partial charge in [0, 0.05) is 62.1 Å². The molecule has 6 aromatic rings. The molecule has 9 rings (SSSR count). The maximum absolute atomic E-state index is 6.73. The molecular formula is C42H43N4OPt-. The molecule has 5 heterocycles. The zero-order valence-electron chi connectivity index (χ0n) is 29.3. The van der Waals surface area contributed by atoms with Crippen molar-refractivity contribution >= 4 is 38.9 Å². The Morgan fingerprint density at radius 1 is 0.771 bits per heavy atom. The van der Waals surface area contributed by atoms with Crippen molar-refractivity contribution in [3.63, 3.8) is 0 Å². The monoisotopic (exact) mass is 814 g/mol. The second-order valence-electron chi connectivity index (χ2n) is 15.9. The Morgan fingerprint density at radius 3 is 2.17 bits per heavy atom. The molecule has 2 atom stereocenters. The van der Waals surface area contributed by atoms with Crippen molar-refractivity contribution in [1.82, 2.24) is 18.5 Å². The number of aromatic nitrogens is 2. The first kappa shape index (κ1) is 32.8. The van der Waals surface area contributed by atoms with Crippen LogP contribution in [0.5, 0.6) is 11.5 Å². The van der Waals surface area contributed by atoms with Crippen LogP contribution in [-0.4, -0.2) is 23.3 Å². The van der Waals surface area contributed by atoms with E-state index in [0.29, 0.717) is 16.0 Å². The van der Waals surface area contributed by atoms with E-state index in [1.165, 1.54) is 39.0 Å². The van der Waals surface area contributed by atoms with Gasteiger partial charge in [-0.1, -0.05) is 71.3 Å². The first-order valence-electron chi connectivity index (χ1n) is 16.6. The molecule has 0 aliphatic carbocycles. The van der Waals surface area contributed by atoms with Gasteiger partial charge < -0.3 is 18.3 Å². The number of ether oxygens (including phenoxy) is 1. The Balaban J connectivity index is 0.00000364. The van der Waals surface area contributed by atoms with Crippen LogP contribution in [0.15, 0.2) is 79.0 Å². The third-order valence-electron chi connectivity index (χ3n) is 10.3. The molecule has 48 heavy (non-hydrogen) atoms. The molecule has 0 unspecified atom stereocenters. The van der Waals surface area contributed by atoms with Crippen molar-refractivity contribution in [2.24, 2.45) is 0 Å². The second kappa shape index (κ2) is 10.9. The van der Waals surface area contributed by atoms with E-state index in [9.17, 15) is 0 Å². The number of hydrogen-bond acceptors (Lipinski definition) is 2. The van der Waals surface area contributed by atoms with Crippen LogP contribution in [0.3, 0.4) is 0 Å². The number of aryl methyl sites for hydroxylation is 2. The van der Waals surface area contributed by atoms with Gasteiger partial charge in [-0.2, -0.15) is 6.07 Å². The number of rotatable bonds is 4. The number of nitrogens with zero attached hydrogens (tertiary/aromatic N) is 4. The minimum absolute atomic E-state index is 0. The minimum atomic E-state index is -0.0705. The molecule has 0 spiro atoms. The normalized spacial score (nSPS) is 20.0. The molecule has 3 aliphatic heterocycles. The summed E-state index contributed by atoms with van der Waals surface area (Å²) in [6.07, 6.45) is 1.91. The summed E-state index contributed by atoms with van der Waals surface area (Å²) in [6, 6.07) is 33.6. The summed E-state index contributed by atoms with van der Waals surface area (Å²) in [7, 11) is 2.30. The van der Waals surface area contributed by atoms with Crippen molar-refractivity contribution in [1.29, 1.82) is 0 Å². The average Bonchev–Trinajstić information content (AvgIpc) is 3.54. The molecule has 0 N–H and O–H groups in total. The number of pyridine rings is 1. The quantitative estimate of drug-likeness (QED) is 0.131. The topological polar surface area (TPSA) is 27.1 Å². The number of para-hydroxylation sites is 1. The van der Waals surface area contributed by atoms with Gasteiger partial charge in [0.05, 0.1) is 13.7 Å². The Labute approximate surface area is 299 Å². The van der Waals surface area contributed by atoms with Crippen LogP contribution in [-0.2, 0) is 31.9 Å². The van der Waals surface area contributed by atoms with Crippen LogP contribution in [0.1, 0.15) is 63.8 Å². The van der Waals surface area contributed by atoms with Crippen molar-refractivity contribution in [3.8, 4) is 17.3 Å². The first-order chi connectivity index (χ1) is 22.2. The Kier molecular flexibility index (Phi) is 7.42. The summed E-state index contributed by atoms with van der Waals surface area (Å²) in [5.74, 6) is 2.24. The minimum Gasteiger partial charge on any atom is -0.509 e. The molecule has 6 heteroatoms. The molecule has 2 bridgehead atoms. The Bertz CT molecular complexity index is 2250. The van der Waals surface area contributed by atoms with Crippen molar-refractivity contribution in [2.75, 3.05) is 13.7 Å². The average molecular weight is 815 g/mol. The first-order valence-corrected chi connectivity index (χ1v) is 16.6. The Morgan fingerprint density at radius 2 is 1.46 bits per heavy atom. The summed E-state index contributed by atoms with van der Waals surface area (Å²) < 4.78 is 10.5. The van der Waals surface area contributed by atoms with E-state index in [0.717, 1.165) is 39.1 Å². The molecule has 0 amide bonds. The van der Waals surface area contributed by atoms with E-state index in [1.54, 1.807) is 0 Å². The third kappa shape index (κ3) is 4.97. The van der Waals surface area contributed by atoms with Gasteiger partial charge in [0.25, 0.3) is 0 Å². The molecule has 4 aromatic carbocycles. The van der Waals surface area contributed by atoms with Crippen LogP contribution < -0.4 is 13.7 Å². The molecule has 0 radical (unpaired) electrons. The predicted molar refractivity (Wildman–Crippen MR) is 194 cm³/mol. The summed E-state index contributed by atoms with van der Waals surface area (Å²) in [5.41, 5.74) is 10.9. The largest absolute Gasteiger partial charge is 0.509 e. The van der Waals surface area contributed by atoms with Gasteiger partial charge in [0.1, 0.15) is 5.82 Å². The molecule has 0 saturated carbocycles. The molecule has 248 valence electrons. The summed E-state index contributed by atoms with van der Waals surface area (Å²) in [4.78, 5) is 4.84. The maximum atomic E-state index is 6.73. The molecule has 1 saturated heterocycles. The predicted octanol–water partition coefficient (Wildman–Crippen LogP) is 10.5. The molecular weight excluding hydrogens is 772 g/mol. The maximum Gasteiger partial charge on any atom is 0.179 e. The molecule has 2 aromatic heterocycles. The van der Waals surface area contributed by atoms with E-state index >= 15 is 0 Å². The van der Waals surface area contributed by atoms with Crippen molar-refractivity contribution in [3.05, 3.63) is 120 Å². The van der Waals surface area contributed by atoms with Crippen molar-refractivity contribution in [2.45, 2.75) is 66.2 Å². The van der Waals surface area contributed by atoms with Crippen LogP contribution in [0, 0.1) is 32.6 Å². The number of hydrogen-bond donors (Lipinski definition) is 0. The number of fused-ring (bicyclic) bond motifs is 3. The van der Waals surface area contributed by atoms with Crippen LogP contribution >= 0.6 is 0 Å². The fraction of sp³-hybridized carbons (Fsp3) is 0.286. The van der Waals surface area contributed by atoms with E-state index < -0.39 is 0 Å². The standard InChI is InChI=1S/C42H43N4O.Pt/c1-27-18-38-39(19-28(27)2)46(25-45(38,9)26-46)31-20-30(42(6,7)8)21-33(23-31)47-32-14-15-35-34-12-10-11-13-36(34)44(37(35)24-32)40-22-29(16-17-43-40)41(3,4)5;/h10-22,25H,26H2,1-9H3;/q-1;/t45-,46+;/m0./s1. The number of quaternary nitrogens is 2. The van der Waals surface area contributed by atoms with Crippen LogP contribution in [0.2, 0.25) is 0 Å². The van der Waals surface area contributed by atoms with E-state index in [-0.39, 0.29) is 31.9 Å². The van der Waals surface area contributed by atoms with Crippen molar-refractivity contribution < 1.29 is 25.8 Å². The van der Waals surface area contributed by atoms with Gasteiger partial charge in [-0.25, -0.2) is 4.98 Å². The summed E-state index contributed by atoms with van der Waals surface area (Å²) in [5, 5.41) is 2.29. The fourth-order valence-electron chi connectivity index (χ4n) is 7.46.